The van der Waals surface area contributed by atoms with Crippen molar-refractivity contribution in [3.8, 4) is 28.5 Å². The summed E-state index contributed by atoms with van der Waals surface area (Å²) in [5.74, 6) is 0.858. The zero-order valence-corrected chi connectivity index (χ0v) is 12.8. The zero-order valence-electron chi connectivity index (χ0n) is 12.8. The highest BCUT2D eigenvalue weighted by atomic mass is 16.5. The Balaban J connectivity index is 2.62. The summed E-state index contributed by atoms with van der Waals surface area (Å²) in [5, 5.41) is 10.3. The Morgan fingerprint density at radius 3 is 2.23 bits per heavy atom. The Bertz CT molecular complexity index is 643. The third kappa shape index (κ3) is 2.80. The highest BCUT2D eigenvalue weighted by Crippen LogP contribution is 2.41. The molecule has 0 saturated heterocycles. The van der Waals surface area contributed by atoms with Crippen LogP contribution in [0, 0.1) is 0 Å². The molecule has 1 aromatic heterocycles. The van der Waals surface area contributed by atoms with Crippen molar-refractivity contribution in [1.82, 2.24) is 15.4 Å². The largest absolute Gasteiger partial charge is 0.496 e. The Morgan fingerprint density at radius 1 is 1.09 bits per heavy atom. The van der Waals surface area contributed by atoms with Gasteiger partial charge in [-0.2, -0.15) is 10.3 Å². The lowest BCUT2D eigenvalue weighted by Gasteiger charge is -2.14. The normalized spacial score (nSPS) is 10.2. The van der Waals surface area contributed by atoms with Gasteiger partial charge in [0.1, 0.15) is 22.9 Å². The fourth-order valence-corrected chi connectivity index (χ4v) is 1.99. The predicted molar refractivity (Wildman–Crippen MR) is 77.4 cm³/mol. The second-order valence-corrected chi connectivity index (χ2v) is 4.15. The molecule has 0 fully saturated rings. The van der Waals surface area contributed by atoms with Gasteiger partial charge in [0.25, 0.3) is 0 Å². The number of benzene rings is 1. The van der Waals surface area contributed by atoms with E-state index in [9.17, 15) is 4.79 Å². The van der Waals surface area contributed by atoms with Gasteiger partial charge in [0.05, 0.1) is 33.5 Å². The van der Waals surface area contributed by atoms with E-state index in [1.54, 1.807) is 19.1 Å². The minimum atomic E-state index is -0.578. The molecular weight excluding hydrogens is 290 g/mol. The van der Waals surface area contributed by atoms with Gasteiger partial charge in [-0.05, 0) is 6.92 Å². The predicted octanol–water partition coefficient (Wildman–Crippen LogP) is 1.67. The van der Waals surface area contributed by atoms with E-state index in [0.717, 1.165) is 0 Å². The van der Waals surface area contributed by atoms with Crippen LogP contribution in [0.4, 0.5) is 0 Å². The molecule has 2 rings (SSSR count). The number of nitrogens with zero attached hydrogens (tertiary/aromatic N) is 2. The molecule has 1 heterocycles. The highest BCUT2D eigenvalue weighted by Gasteiger charge is 2.25. The smallest absolute Gasteiger partial charge is 0.361 e. The van der Waals surface area contributed by atoms with Crippen molar-refractivity contribution in [3.05, 3.63) is 17.8 Å². The van der Waals surface area contributed by atoms with Gasteiger partial charge in [-0.15, -0.1) is 5.10 Å². The summed E-state index contributed by atoms with van der Waals surface area (Å²) in [4.78, 5) is 12.0. The van der Waals surface area contributed by atoms with Crippen molar-refractivity contribution in [2.45, 2.75) is 6.92 Å². The maximum Gasteiger partial charge on any atom is 0.361 e. The summed E-state index contributed by atoms with van der Waals surface area (Å²) in [7, 11) is 4.54. The number of methoxy groups -OCH3 is 3. The number of ether oxygens (including phenoxy) is 4. The molecule has 0 saturated carbocycles. The lowest BCUT2D eigenvalue weighted by Crippen LogP contribution is -2.07. The van der Waals surface area contributed by atoms with E-state index in [1.165, 1.54) is 21.3 Å². The number of H-pyrrole nitrogens is 1. The fraction of sp³-hybridized carbons (Fsp3) is 0.357. The SMILES string of the molecule is CCOC(=O)c1n[nH]nc1-c1c(OC)cc(OC)cc1OC. The first kappa shape index (κ1) is 15.6. The average molecular weight is 307 g/mol. The van der Waals surface area contributed by atoms with Gasteiger partial charge in [0.15, 0.2) is 5.69 Å². The van der Waals surface area contributed by atoms with Crippen molar-refractivity contribution in [1.29, 1.82) is 0 Å². The van der Waals surface area contributed by atoms with Gasteiger partial charge in [-0.1, -0.05) is 0 Å². The van der Waals surface area contributed by atoms with E-state index >= 15 is 0 Å². The molecule has 118 valence electrons. The molecule has 0 amide bonds. The maximum atomic E-state index is 12.0. The molecule has 8 nitrogen and oxygen atoms in total. The molecule has 1 N–H and O–H groups in total. The molecular formula is C14H17N3O5. The van der Waals surface area contributed by atoms with Crippen molar-refractivity contribution in [2.24, 2.45) is 0 Å². The number of esters is 1. The number of hydrogen-bond donors (Lipinski definition) is 1. The minimum Gasteiger partial charge on any atom is -0.496 e. The van der Waals surface area contributed by atoms with Crippen LogP contribution >= 0.6 is 0 Å². The topological polar surface area (TPSA) is 95.6 Å². The standard InChI is InChI=1S/C14H17N3O5/c1-5-22-14(18)13-12(15-17-16-13)11-9(20-3)6-8(19-2)7-10(11)21-4/h6-7H,5H2,1-4H3,(H,15,16,17). The average Bonchev–Trinajstić information content (AvgIpc) is 3.02. The van der Waals surface area contributed by atoms with E-state index in [0.29, 0.717) is 22.8 Å². The molecule has 0 unspecified atom stereocenters. The molecule has 0 bridgehead atoms. The van der Waals surface area contributed by atoms with Crippen LogP contribution in [0.2, 0.25) is 0 Å². The first-order valence-electron chi connectivity index (χ1n) is 6.54. The van der Waals surface area contributed by atoms with E-state index in [-0.39, 0.29) is 18.0 Å². The molecule has 1 aromatic carbocycles. The third-order valence-corrected chi connectivity index (χ3v) is 2.97. The van der Waals surface area contributed by atoms with Crippen molar-refractivity contribution >= 4 is 5.97 Å². The van der Waals surface area contributed by atoms with Gasteiger partial charge in [0.2, 0.25) is 0 Å². The number of hydrogen-bond acceptors (Lipinski definition) is 7. The summed E-state index contributed by atoms with van der Waals surface area (Å²) >= 11 is 0. The Labute approximate surface area is 127 Å². The van der Waals surface area contributed by atoms with Crippen LogP contribution in [0.1, 0.15) is 17.4 Å². The zero-order chi connectivity index (χ0) is 16.1. The van der Waals surface area contributed by atoms with Gasteiger partial charge in [-0.3, -0.25) is 0 Å². The summed E-state index contributed by atoms with van der Waals surface area (Å²) in [6.07, 6.45) is 0. The van der Waals surface area contributed by atoms with Crippen LogP contribution in [0.15, 0.2) is 12.1 Å². The number of aromatic nitrogens is 3. The van der Waals surface area contributed by atoms with E-state index in [4.69, 9.17) is 18.9 Å². The van der Waals surface area contributed by atoms with Crippen molar-refractivity contribution in [3.63, 3.8) is 0 Å². The van der Waals surface area contributed by atoms with Crippen LogP contribution < -0.4 is 14.2 Å². The van der Waals surface area contributed by atoms with Crippen LogP contribution in [-0.2, 0) is 4.74 Å². The van der Waals surface area contributed by atoms with E-state index < -0.39 is 5.97 Å². The molecule has 0 aliphatic rings. The first-order chi connectivity index (χ1) is 10.7. The Kier molecular flexibility index (Phi) is 4.82. The first-order valence-corrected chi connectivity index (χ1v) is 6.54. The second-order valence-electron chi connectivity index (χ2n) is 4.15. The van der Waals surface area contributed by atoms with Gasteiger partial charge < -0.3 is 18.9 Å². The third-order valence-electron chi connectivity index (χ3n) is 2.97. The van der Waals surface area contributed by atoms with Crippen molar-refractivity contribution in [2.75, 3.05) is 27.9 Å². The summed E-state index contributed by atoms with van der Waals surface area (Å²) in [5.41, 5.74) is 0.834. The minimum absolute atomic E-state index is 0.0589. The molecule has 0 aliphatic carbocycles. The lowest BCUT2D eigenvalue weighted by atomic mass is 10.1. The Morgan fingerprint density at radius 2 is 1.73 bits per heavy atom. The van der Waals surface area contributed by atoms with Crippen LogP contribution in [0.5, 0.6) is 17.2 Å². The number of aromatic amines is 1. The second kappa shape index (κ2) is 6.79. The molecule has 0 radical (unpaired) electrons. The van der Waals surface area contributed by atoms with E-state index in [1.807, 2.05) is 0 Å². The molecule has 0 atom stereocenters. The van der Waals surface area contributed by atoms with E-state index in [2.05, 4.69) is 15.4 Å². The summed E-state index contributed by atoms with van der Waals surface area (Å²) < 4.78 is 20.9. The fourth-order valence-electron chi connectivity index (χ4n) is 1.99. The van der Waals surface area contributed by atoms with Crippen LogP contribution in [0.25, 0.3) is 11.3 Å². The number of carbonyl (C=O) groups excluding carboxylic acids is 1. The summed E-state index contributed by atoms with van der Waals surface area (Å²) in [6.45, 7) is 1.95. The highest BCUT2D eigenvalue weighted by molar-refractivity contribution is 5.96. The van der Waals surface area contributed by atoms with Gasteiger partial charge in [-0.25, -0.2) is 4.79 Å². The number of rotatable bonds is 6. The summed E-state index contributed by atoms with van der Waals surface area (Å²) in [6, 6.07) is 3.34. The number of carbonyl (C=O) groups is 1. The molecule has 0 aliphatic heterocycles. The van der Waals surface area contributed by atoms with Gasteiger partial charge in [0, 0.05) is 12.1 Å². The monoisotopic (exact) mass is 307 g/mol. The lowest BCUT2D eigenvalue weighted by molar-refractivity contribution is 0.0520. The Hall–Kier alpha value is -2.77. The molecule has 8 heteroatoms. The van der Waals surface area contributed by atoms with Crippen LogP contribution in [-0.4, -0.2) is 49.3 Å². The molecule has 2 aromatic rings. The van der Waals surface area contributed by atoms with Gasteiger partial charge >= 0.3 is 5.97 Å². The molecule has 0 spiro atoms. The molecule has 22 heavy (non-hydrogen) atoms. The maximum absolute atomic E-state index is 12.0. The van der Waals surface area contributed by atoms with Crippen LogP contribution in [0.3, 0.4) is 0 Å². The quantitative estimate of drug-likeness (QED) is 0.811. The van der Waals surface area contributed by atoms with Crippen molar-refractivity contribution < 1.29 is 23.7 Å². The number of nitrogens with one attached hydrogen (secondary N) is 1.